The molecule has 4 rings (SSSR count). The van der Waals surface area contributed by atoms with E-state index in [0.717, 1.165) is 11.8 Å². The number of fused-ring (bicyclic) bond motifs is 1. The van der Waals surface area contributed by atoms with Crippen LogP contribution in [0.3, 0.4) is 0 Å². The first-order valence-corrected chi connectivity index (χ1v) is 12.2. The van der Waals surface area contributed by atoms with Crippen LogP contribution < -0.4 is 4.74 Å². The monoisotopic (exact) mass is 525 g/mol. The molecule has 0 aliphatic carbocycles. The molecule has 3 aliphatic heterocycles. The van der Waals surface area contributed by atoms with Gasteiger partial charge in [0.1, 0.15) is 5.75 Å². The van der Waals surface area contributed by atoms with E-state index in [4.69, 9.17) is 14.2 Å². The molecular weight excluding hydrogens is 499 g/mol. The quantitative estimate of drug-likeness (QED) is 0.519. The normalized spacial score (nSPS) is 20.2. The molecule has 0 spiro atoms. The Bertz CT molecular complexity index is 1110. The fourth-order valence-corrected chi connectivity index (χ4v) is 5.06. The second-order valence-electron chi connectivity index (χ2n) is 8.55. The molecule has 1 fully saturated rings. The van der Waals surface area contributed by atoms with Crippen molar-refractivity contribution in [2.45, 2.75) is 38.6 Å². The fraction of sp³-hybridized carbons (Fsp3) is 0.458. The summed E-state index contributed by atoms with van der Waals surface area (Å²) in [5.74, 6) is -0.794. The minimum absolute atomic E-state index is 0.0361. The zero-order chi connectivity index (χ0) is 26.0. The predicted molar refractivity (Wildman–Crippen MR) is 127 cm³/mol. The lowest BCUT2D eigenvalue weighted by Crippen LogP contribution is -2.43. The Balaban J connectivity index is 1.79. The third kappa shape index (κ3) is 5.39. The Labute approximate surface area is 210 Å². The van der Waals surface area contributed by atoms with Gasteiger partial charge in [-0.25, -0.2) is 9.79 Å². The smallest absolute Gasteiger partial charge is 0.434 e. The van der Waals surface area contributed by atoms with Gasteiger partial charge in [-0.1, -0.05) is 23.9 Å². The third-order valence-electron chi connectivity index (χ3n) is 5.77. The second kappa shape index (κ2) is 10.6. The van der Waals surface area contributed by atoms with Crippen molar-refractivity contribution >= 4 is 28.8 Å². The van der Waals surface area contributed by atoms with Gasteiger partial charge < -0.3 is 24.0 Å². The summed E-state index contributed by atoms with van der Waals surface area (Å²) in [7, 11) is 1.47. The van der Waals surface area contributed by atoms with Crippen molar-refractivity contribution in [1.29, 1.82) is 0 Å². The largest absolute Gasteiger partial charge is 0.497 e. The Morgan fingerprint density at radius 1 is 1.19 bits per heavy atom. The van der Waals surface area contributed by atoms with Gasteiger partial charge in [0, 0.05) is 18.8 Å². The van der Waals surface area contributed by atoms with Gasteiger partial charge in [0.15, 0.2) is 10.9 Å². The Hall–Kier alpha value is -2.99. The molecule has 12 heteroatoms. The van der Waals surface area contributed by atoms with Gasteiger partial charge in [-0.3, -0.25) is 4.79 Å². The van der Waals surface area contributed by atoms with Crippen LogP contribution in [0, 0.1) is 0 Å². The molecule has 1 aromatic carbocycles. The first kappa shape index (κ1) is 26.1. The summed E-state index contributed by atoms with van der Waals surface area (Å²) >= 11 is 0.984. The maximum absolute atomic E-state index is 14.2. The first-order chi connectivity index (χ1) is 17.1. The highest BCUT2D eigenvalue weighted by Crippen LogP contribution is 2.48. The Morgan fingerprint density at radius 3 is 2.44 bits per heavy atom. The number of allylic oxidation sites excluding steroid dienone is 1. The maximum atomic E-state index is 14.2. The highest BCUT2D eigenvalue weighted by Gasteiger charge is 2.49. The number of nitrogens with zero attached hydrogens (tertiary/aromatic N) is 3. The van der Waals surface area contributed by atoms with E-state index in [1.54, 1.807) is 48.4 Å². The molecule has 3 aliphatic rings. The topological polar surface area (TPSA) is 80.7 Å². The standard InChI is InChI=1S/C24H26F3N3O5S/c1-14(2)35-22(32)19-20(15-4-6-17(33-3)7-5-15)30-16(12-18(31)29-8-10-34-11-9-29)13-36-23(30)28-21(19)24(25,26)27/h4-7,13-14,20H,8-12H2,1-3H3/t20-/m1/s1. The number of amidine groups is 1. The van der Waals surface area contributed by atoms with Crippen LogP contribution in [0.4, 0.5) is 13.2 Å². The predicted octanol–water partition coefficient (Wildman–Crippen LogP) is 4.01. The van der Waals surface area contributed by atoms with Crippen LogP contribution >= 0.6 is 11.8 Å². The van der Waals surface area contributed by atoms with Crippen LogP contribution in [0.5, 0.6) is 5.75 Å². The van der Waals surface area contributed by atoms with Crippen molar-refractivity contribution in [3.05, 3.63) is 52.2 Å². The van der Waals surface area contributed by atoms with Crippen molar-refractivity contribution < 1.29 is 37.0 Å². The van der Waals surface area contributed by atoms with Gasteiger partial charge in [-0.05, 0) is 37.0 Å². The number of halogens is 3. The van der Waals surface area contributed by atoms with Gasteiger partial charge in [0.25, 0.3) is 0 Å². The molecule has 36 heavy (non-hydrogen) atoms. The number of carbonyl (C=O) groups excluding carboxylic acids is 2. The lowest BCUT2D eigenvalue weighted by Gasteiger charge is -2.37. The molecular formula is C24H26F3N3O5S. The van der Waals surface area contributed by atoms with E-state index < -0.39 is 35.6 Å². The Morgan fingerprint density at radius 2 is 1.86 bits per heavy atom. The number of benzene rings is 1. The van der Waals surface area contributed by atoms with Gasteiger partial charge in [-0.15, -0.1) is 0 Å². The minimum Gasteiger partial charge on any atom is -0.497 e. The average Bonchev–Trinajstić information content (AvgIpc) is 3.25. The van der Waals surface area contributed by atoms with Crippen molar-refractivity contribution in [2.24, 2.45) is 4.99 Å². The molecule has 0 unspecified atom stereocenters. The summed E-state index contributed by atoms with van der Waals surface area (Å²) in [6, 6.07) is 5.18. The van der Waals surface area contributed by atoms with Crippen LogP contribution in [0.25, 0.3) is 0 Å². The first-order valence-electron chi connectivity index (χ1n) is 11.4. The molecule has 0 bridgehead atoms. The number of hydrogen-bond acceptors (Lipinski definition) is 8. The number of hydrogen-bond donors (Lipinski definition) is 0. The van der Waals surface area contributed by atoms with E-state index in [-0.39, 0.29) is 17.5 Å². The van der Waals surface area contributed by atoms with E-state index in [2.05, 4.69) is 4.99 Å². The number of thioether (sulfide) groups is 1. The third-order valence-corrected chi connectivity index (χ3v) is 6.66. The van der Waals surface area contributed by atoms with Crippen LogP contribution in [0.2, 0.25) is 0 Å². The van der Waals surface area contributed by atoms with Crippen molar-refractivity contribution in [3.8, 4) is 5.75 Å². The van der Waals surface area contributed by atoms with Gasteiger partial charge in [-0.2, -0.15) is 13.2 Å². The molecule has 1 saturated heterocycles. The van der Waals surface area contributed by atoms with E-state index in [1.807, 2.05) is 0 Å². The molecule has 0 saturated carbocycles. The molecule has 1 amide bonds. The number of rotatable bonds is 6. The zero-order valence-electron chi connectivity index (χ0n) is 20.0. The maximum Gasteiger partial charge on any atom is 0.434 e. The number of methoxy groups -OCH3 is 1. The second-order valence-corrected chi connectivity index (χ2v) is 9.39. The zero-order valence-corrected chi connectivity index (χ0v) is 20.8. The molecule has 3 heterocycles. The van der Waals surface area contributed by atoms with Crippen LogP contribution in [-0.4, -0.2) is 72.5 Å². The lowest BCUT2D eigenvalue weighted by molar-refractivity contribution is -0.144. The van der Waals surface area contributed by atoms with E-state index in [9.17, 15) is 22.8 Å². The lowest BCUT2D eigenvalue weighted by atomic mass is 9.93. The van der Waals surface area contributed by atoms with Crippen LogP contribution in [-0.2, 0) is 19.1 Å². The summed E-state index contributed by atoms with van der Waals surface area (Å²) in [6.45, 7) is 4.84. The molecule has 1 aromatic rings. The van der Waals surface area contributed by atoms with Crippen LogP contribution in [0.1, 0.15) is 31.9 Å². The summed E-state index contributed by atoms with van der Waals surface area (Å²) in [5, 5.41) is 1.65. The van der Waals surface area contributed by atoms with E-state index in [1.165, 1.54) is 12.0 Å². The Kier molecular flexibility index (Phi) is 7.65. The van der Waals surface area contributed by atoms with Gasteiger partial charge in [0.05, 0.1) is 44.5 Å². The summed E-state index contributed by atoms with van der Waals surface area (Å²) < 4.78 is 58.3. The molecule has 0 N–H and O–H groups in total. The highest BCUT2D eigenvalue weighted by atomic mass is 32.2. The SMILES string of the molecule is COc1ccc([C@@H]2C(C(=O)OC(C)C)=C(C(F)(F)F)N=C3SC=C(CC(=O)N4CCOCC4)N32)cc1. The number of carbonyl (C=O) groups is 2. The minimum atomic E-state index is -4.90. The van der Waals surface area contributed by atoms with Crippen molar-refractivity contribution in [3.63, 3.8) is 0 Å². The number of amides is 1. The van der Waals surface area contributed by atoms with Gasteiger partial charge in [0.2, 0.25) is 5.91 Å². The van der Waals surface area contributed by atoms with E-state index >= 15 is 0 Å². The molecule has 8 nitrogen and oxygen atoms in total. The molecule has 1 atom stereocenters. The number of morpholine rings is 1. The number of alkyl halides is 3. The summed E-state index contributed by atoms with van der Waals surface area (Å²) in [5.41, 5.74) is -1.08. The summed E-state index contributed by atoms with van der Waals surface area (Å²) in [6.07, 6.45) is -5.61. The number of esters is 1. The number of aliphatic imine (C=N–C) groups is 1. The highest BCUT2D eigenvalue weighted by molar-refractivity contribution is 8.16. The van der Waals surface area contributed by atoms with Crippen molar-refractivity contribution in [1.82, 2.24) is 9.80 Å². The summed E-state index contributed by atoms with van der Waals surface area (Å²) in [4.78, 5) is 33.1. The molecule has 194 valence electrons. The fourth-order valence-electron chi connectivity index (χ4n) is 4.14. The molecule has 0 radical (unpaired) electrons. The van der Waals surface area contributed by atoms with Crippen molar-refractivity contribution in [2.75, 3.05) is 33.4 Å². The molecule has 0 aromatic heterocycles. The van der Waals surface area contributed by atoms with Gasteiger partial charge >= 0.3 is 12.1 Å². The van der Waals surface area contributed by atoms with Crippen LogP contribution in [0.15, 0.2) is 51.6 Å². The van der Waals surface area contributed by atoms with E-state index in [0.29, 0.717) is 43.3 Å². The number of ether oxygens (including phenoxy) is 3. The average molecular weight is 526 g/mol.